The van der Waals surface area contributed by atoms with Crippen molar-refractivity contribution in [3.8, 4) is 0 Å². The average Bonchev–Trinajstić information content (AvgIpc) is 2.43. The maximum Gasteiger partial charge on any atom is 0.411 e. The Hall–Kier alpha value is -2.15. The Kier molecular flexibility index (Phi) is 4.42. The molecule has 1 aromatic carbocycles. The predicted octanol–water partition coefficient (Wildman–Crippen LogP) is 3.14. The van der Waals surface area contributed by atoms with Crippen LogP contribution >= 0.6 is 0 Å². The van der Waals surface area contributed by atoms with Crippen molar-refractivity contribution in [1.29, 1.82) is 0 Å². The van der Waals surface area contributed by atoms with Crippen molar-refractivity contribution >= 4 is 22.6 Å². The lowest BCUT2D eigenvalue weighted by Crippen LogP contribution is -2.31. The standard InChI is InChI=1S/C14H13F3N2O2/c1-9(21-8-14(15,16)17)13(20)19-12-7-6-10-4-2-3-5-11(10)18-12/h2-7,9H,8H2,1H3,(H,18,19,20). The van der Waals surface area contributed by atoms with E-state index in [1.54, 1.807) is 24.3 Å². The van der Waals surface area contributed by atoms with Crippen molar-refractivity contribution in [3.05, 3.63) is 36.4 Å². The maximum atomic E-state index is 12.0. The normalized spacial score (nSPS) is 13.1. The van der Waals surface area contributed by atoms with Gasteiger partial charge >= 0.3 is 6.18 Å². The molecule has 0 spiro atoms. The topological polar surface area (TPSA) is 51.2 Å². The highest BCUT2D eigenvalue weighted by Gasteiger charge is 2.29. The molecule has 4 nitrogen and oxygen atoms in total. The largest absolute Gasteiger partial charge is 0.411 e. The molecule has 7 heteroatoms. The van der Waals surface area contributed by atoms with E-state index in [0.717, 1.165) is 5.39 Å². The van der Waals surface area contributed by atoms with E-state index in [9.17, 15) is 18.0 Å². The fourth-order valence-corrected chi connectivity index (χ4v) is 1.66. The van der Waals surface area contributed by atoms with Crippen molar-refractivity contribution in [2.75, 3.05) is 11.9 Å². The highest BCUT2D eigenvalue weighted by molar-refractivity contribution is 5.94. The van der Waals surface area contributed by atoms with Crippen LogP contribution in [0.3, 0.4) is 0 Å². The molecule has 21 heavy (non-hydrogen) atoms. The molecule has 1 heterocycles. The molecule has 1 atom stereocenters. The van der Waals surface area contributed by atoms with Crippen LogP contribution in [0.1, 0.15) is 6.92 Å². The van der Waals surface area contributed by atoms with Gasteiger partial charge in [-0.15, -0.1) is 0 Å². The first-order chi connectivity index (χ1) is 9.85. The number of nitrogens with one attached hydrogen (secondary N) is 1. The van der Waals surface area contributed by atoms with Crippen LogP contribution in [0.4, 0.5) is 19.0 Å². The van der Waals surface area contributed by atoms with Crippen LogP contribution in [0.15, 0.2) is 36.4 Å². The van der Waals surface area contributed by atoms with E-state index in [4.69, 9.17) is 0 Å². The van der Waals surface area contributed by atoms with Crippen LogP contribution in [0.2, 0.25) is 0 Å². The number of pyridine rings is 1. The van der Waals surface area contributed by atoms with Crippen LogP contribution in [0, 0.1) is 0 Å². The van der Waals surface area contributed by atoms with Gasteiger partial charge in [0.15, 0.2) is 0 Å². The number of hydrogen-bond acceptors (Lipinski definition) is 3. The summed E-state index contributed by atoms with van der Waals surface area (Å²) < 4.78 is 40.5. The maximum absolute atomic E-state index is 12.0. The minimum absolute atomic E-state index is 0.265. The third-order valence-electron chi connectivity index (χ3n) is 2.72. The van der Waals surface area contributed by atoms with Crippen molar-refractivity contribution in [3.63, 3.8) is 0 Å². The summed E-state index contributed by atoms with van der Waals surface area (Å²) in [5.74, 6) is -0.414. The van der Waals surface area contributed by atoms with Gasteiger partial charge < -0.3 is 10.1 Å². The molecule has 0 saturated carbocycles. The number of carbonyl (C=O) groups excluding carboxylic acids is 1. The minimum atomic E-state index is -4.46. The van der Waals surface area contributed by atoms with E-state index in [1.807, 2.05) is 12.1 Å². The van der Waals surface area contributed by atoms with Crippen LogP contribution in [0.25, 0.3) is 10.9 Å². The second kappa shape index (κ2) is 6.09. The molecular formula is C14H13F3N2O2. The van der Waals surface area contributed by atoms with E-state index in [0.29, 0.717) is 5.52 Å². The minimum Gasteiger partial charge on any atom is -0.359 e. The Balaban J connectivity index is 2.00. The van der Waals surface area contributed by atoms with Gasteiger partial charge in [-0.25, -0.2) is 4.98 Å². The third-order valence-corrected chi connectivity index (χ3v) is 2.72. The lowest BCUT2D eigenvalue weighted by atomic mass is 10.2. The molecule has 0 fully saturated rings. The van der Waals surface area contributed by atoms with Crippen molar-refractivity contribution in [2.45, 2.75) is 19.2 Å². The Morgan fingerprint density at radius 3 is 2.71 bits per heavy atom. The predicted molar refractivity (Wildman–Crippen MR) is 71.8 cm³/mol. The van der Waals surface area contributed by atoms with E-state index >= 15 is 0 Å². The van der Waals surface area contributed by atoms with Crippen LogP contribution in [-0.4, -0.2) is 29.8 Å². The number of nitrogens with zero attached hydrogens (tertiary/aromatic N) is 1. The molecule has 2 rings (SSSR count). The molecule has 1 N–H and O–H groups in total. The molecule has 1 unspecified atom stereocenters. The summed E-state index contributed by atoms with van der Waals surface area (Å²) in [6, 6.07) is 10.6. The highest BCUT2D eigenvalue weighted by atomic mass is 19.4. The van der Waals surface area contributed by atoms with Crippen molar-refractivity contribution < 1.29 is 22.7 Å². The first-order valence-electron chi connectivity index (χ1n) is 6.20. The second-order valence-electron chi connectivity index (χ2n) is 4.45. The summed E-state index contributed by atoms with van der Waals surface area (Å²) in [5.41, 5.74) is 0.680. The Bertz CT molecular complexity index is 643. The molecule has 0 saturated heterocycles. The summed E-state index contributed by atoms with van der Waals surface area (Å²) in [6.07, 6.45) is -5.68. The zero-order chi connectivity index (χ0) is 15.5. The van der Waals surface area contributed by atoms with E-state index < -0.39 is 24.8 Å². The Morgan fingerprint density at radius 2 is 2.00 bits per heavy atom. The molecule has 1 aromatic heterocycles. The lowest BCUT2D eigenvalue weighted by Gasteiger charge is -2.14. The van der Waals surface area contributed by atoms with Crippen molar-refractivity contribution in [1.82, 2.24) is 4.98 Å². The van der Waals surface area contributed by atoms with E-state index in [-0.39, 0.29) is 5.82 Å². The molecule has 0 aliphatic carbocycles. The van der Waals surface area contributed by atoms with Gasteiger partial charge in [0.05, 0.1) is 5.52 Å². The van der Waals surface area contributed by atoms with Gasteiger partial charge in [-0.2, -0.15) is 13.2 Å². The fourth-order valence-electron chi connectivity index (χ4n) is 1.66. The molecule has 2 aromatic rings. The number of benzene rings is 1. The summed E-state index contributed by atoms with van der Waals surface area (Å²) in [5, 5.41) is 3.33. The van der Waals surface area contributed by atoms with Gasteiger partial charge in [0, 0.05) is 5.39 Å². The molecule has 112 valence electrons. The summed E-state index contributed by atoms with van der Waals surface area (Å²) in [7, 11) is 0. The van der Waals surface area contributed by atoms with Gasteiger partial charge in [-0.3, -0.25) is 4.79 Å². The van der Waals surface area contributed by atoms with E-state index in [2.05, 4.69) is 15.0 Å². The van der Waals surface area contributed by atoms with Crippen molar-refractivity contribution in [2.24, 2.45) is 0 Å². The van der Waals surface area contributed by atoms with Gasteiger partial charge in [-0.1, -0.05) is 18.2 Å². The highest BCUT2D eigenvalue weighted by Crippen LogP contribution is 2.17. The molecule has 0 radical (unpaired) electrons. The van der Waals surface area contributed by atoms with Crippen LogP contribution < -0.4 is 5.32 Å². The average molecular weight is 298 g/mol. The summed E-state index contributed by atoms with van der Waals surface area (Å²) in [4.78, 5) is 15.9. The smallest absolute Gasteiger partial charge is 0.359 e. The molecule has 0 aliphatic heterocycles. The Labute approximate surface area is 118 Å². The van der Waals surface area contributed by atoms with Crippen LogP contribution in [0.5, 0.6) is 0 Å². The quantitative estimate of drug-likeness (QED) is 0.943. The molecule has 1 amide bonds. The number of amides is 1. The number of halogens is 3. The number of ether oxygens (including phenoxy) is 1. The number of hydrogen-bond donors (Lipinski definition) is 1. The third kappa shape index (κ3) is 4.42. The number of fused-ring (bicyclic) bond motifs is 1. The first kappa shape index (κ1) is 15.2. The summed E-state index contributed by atoms with van der Waals surface area (Å²) >= 11 is 0. The number of para-hydroxylation sites is 1. The number of carbonyl (C=O) groups is 1. The number of anilines is 1. The SMILES string of the molecule is CC(OCC(F)(F)F)C(=O)Nc1ccc2ccccc2n1. The lowest BCUT2D eigenvalue weighted by molar-refractivity contribution is -0.184. The summed E-state index contributed by atoms with van der Waals surface area (Å²) in [6.45, 7) is -0.213. The number of alkyl halides is 3. The molecular weight excluding hydrogens is 285 g/mol. The van der Waals surface area contributed by atoms with Gasteiger partial charge in [0.1, 0.15) is 18.5 Å². The zero-order valence-electron chi connectivity index (χ0n) is 11.1. The first-order valence-corrected chi connectivity index (χ1v) is 6.20. The van der Waals surface area contributed by atoms with Gasteiger partial charge in [0.25, 0.3) is 5.91 Å². The molecule has 0 bridgehead atoms. The fraction of sp³-hybridized carbons (Fsp3) is 0.286. The van der Waals surface area contributed by atoms with Crippen LogP contribution in [-0.2, 0) is 9.53 Å². The van der Waals surface area contributed by atoms with Gasteiger partial charge in [-0.05, 0) is 25.1 Å². The Morgan fingerprint density at radius 1 is 1.29 bits per heavy atom. The monoisotopic (exact) mass is 298 g/mol. The van der Waals surface area contributed by atoms with Gasteiger partial charge in [0.2, 0.25) is 0 Å². The number of rotatable bonds is 4. The zero-order valence-corrected chi connectivity index (χ0v) is 11.1. The van der Waals surface area contributed by atoms with E-state index in [1.165, 1.54) is 6.92 Å². The number of aromatic nitrogens is 1. The molecule has 0 aliphatic rings. The second-order valence-corrected chi connectivity index (χ2v) is 4.45.